The molecule has 2 aliphatic rings. The molecule has 0 bridgehead atoms. The molecule has 7 nitrogen and oxygen atoms in total. The van der Waals surface area contributed by atoms with Gasteiger partial charge in [0.05, 0.1) is 18.8 Å². The number of aliphatic hydroxyl groups is 1. The fraction of sp³-hybridized carbons (Fsp3) is 0.279. The number of nitrogens with one attached hydrogen (secondary N) is 1. The predicted molar refractivity (Wildman–Crippen MR) is 196 cm³/mol. The summed E-state index contributed by atoms with van der Waals surface area (Å²) < 4.78 is 82.7. The van der Waals surface area contributed by atoms with Gasteiger partial charge in [-0.1, -0.05) is 103 Å². The highest BCUT2D eigenvalue weighted by molar-refractivity contribution is 5.95. The molecule has 0 radical (unpaired) electrons. The Labute approximate surface area is 315 Å². The molecule has 2 N–H and O–H groups in total. The van der Waals surface area contributed by atoms with Gasteiger partial charge < -0.3 is 19.9 Å². The molecule has 1 amide bonds. The van der Waals surface area contributed by atoms with Crippen LogP contribution in [0.15, 0.2) is 103 Å². The van der Waals surface area contributed by atoms with Gasteiger partial charge in [-0.2, -0.15) is 0 Å². The summed E-state index contributed by atoms with van der Waals surface area (Å²) in [5.41, 5.74) is 4.32. The van der Waals surface area contributed by atoms with Gasteiger partial charge in [0.2, 0.25) is 5.82 Å². The van der Waals surface area contributed by atoms with Crippen molar-refractivity contribution in [2.24, 2.45) is 0 Å². The Balaban J connectivity index is 1.05. The van der Waals surface area contributed by atoms with E-state index in [1.165, 1.54) is 5.56 Å². The zero-order valence-corrected chi connectivity index (χ0v) is 29.9. The summed E-state index contributed by atoms with van der Waals surface area (Å²) in [5.74, 6) is -12.5. The van der Waals surface area contributed by atoms with E-state index >= 15 is 0 Å². The summed E-state index contributed by atoms with van der Waals surface area (Å²) in [5, 5.41) is 11.9. The second-order valence-corrected chi connectivity index (χ2v) is 13.8. The summed E-state index contributed by atoms with van der Waals surface area (Å²) in [4.78, 5) is 17.5. The van der Waals surface area contributed by atoms with Crippen molar-refractivity contribution in [3.05, 3.63) is 166 Å². The largest absolute Gasteiger partial charge is 0.392 e. The molecule has 5 aromatic rings. The summed E-state index contributed by atoms with van der Waals surface area (Å²) in [6.07, 6.45) is -0.395. The first-order chi connectivity index (χ1) is 26.7. The molecule has 12 heteroatoms. The molecular weight excluding hydrogens is 717 g/mol. The normalized spacial score (nSPS) is 19.3. The maximum Gasteiger partial charge on any atom is 0.257 e. The van der Waals surface area contributed by atoms with Crippen LogP contribution in [0.25, 0.3) is 11.1 Å². The molecule has 0 aromatic heterocycles. The van der Waals surface area contributed by atoms with E-state index in [9.17, 15) is 31.9 Å². The highest BCUT2D eigenvalue weighted by atomic mass is 19.2. The fourth-order valence-electron chi connectivity index (χ4n) is 7.14. The van der Waals surface area contributed by atoms with Crippen LogP contribution in [0.3, 0.4) is 0 Å². The number of piperazine rings is 1. The summed E-state index contributed by atoms with van der Waals surface area (Å²) in [6.45, 7) is 5.12. The Hall–Kier alpha value is -4.98. The van der Waals surface area contributed by atoms with E-state index in [2.05, 4.69) is 39.4 Å². The Morgan fingerprint density at radius 1 is 0.673 bits per heavy atom. The van der Waals surface area contributed by atoms with E-state index in [0.29, 0.717) is 17.5 Å². The number of ether oxygens (including phenoxy) is 2. The smallest absolute Gasteiger partial charge is 0.257 e. The van der Waals surface area contributed by atoms with Crippen LogP contribution in [0.4, 0.5) is 22.0 Å². The molecule has 7 rings (SSSR count). The molecule has 2 aliphatic heterocycles. The molecule has 2 heterocycles. The van der Waals surface area contributed by atoms with Crippen molar-refractivity contribution >= 4 is 5.91 Å². The minimum Gasteiger partial charge on any atom is -0.392 e. The van der Waals surface area contributed by atoms with Crippen LogP contribution in [0.1, 0.15) is 57.0 Å². The van der Waals surface area contributed by atoms with Crippen molar-refractivity contribution in [1.29, 1.82) is 0 Å². The van der Waals surface area contributed by atoms with Crippen LogP contribution in [0, 0.1) is 29.1 Å². The third-order valence-corrected chi connectivity index (χ3v) is 10.2. The lowest BCUT2D eigenvalue weighted by molar-refractivity contribution is -0.253. The third kappa shape index (κ3) is 8.79. The van der Waals surface area contributed by atoms with E-state index in [-0.39, 0.29) is 25.4 Å². The molecule has 0 saturated carbocycles. The van der Waals surface area contributed by atoms with Crippen molar-refractivity contribution in [2.45, 2.75) is 44.6 Å². The van der Waals surface area contributed by atoms with Crippen LogP contribution >= 0.6 is 0 Å². The van der Waals surface area contributed by atoms with E-state index in [0.717, 1.165) is 61.5 Å². The monoisotopic (exact) mass is 757 g/mol. The second-order valence-electron chi connectivity index (χ2n) is 13.8. The molecule has 0 spiro atoms. The van der Waals surface area contributed by atoms with E-state index < -0.39 is 46.8 Å². The molecule has 2 saturated heterocycles. The highest BCUT2D eigenvalue weighted by Gasteiger charge is 2.34. The Bertz CT molecular complexity index is 2070. The molecule has 0 aliphatic carbocycles. The van der Waals surface area contributed by atoms with Crippen molar-refractivity contribution in [1.82, 2.24) is 15.1 Å². The molecule has 55 heavy (non-hydrogen) atoms. The van der Waals surface area contributed by atoms with Gasteiger partial charge in [-0.25, -0.2) is 22.0 Å². The first kappa shape index (κ1) is 38.3. The lowest BCUT2D eigenvalue weighted by atomic mass is 9.97. The topological polar surface area (TPSA) is 74.3 Å². The molecule has 5 aromatic carbocycles. The minimum atomic E-state index is -2.33. The number of aliphatic hydroxyl groups excluding tert-OH is 1. The van der Waals surface area contributed by atoms with Gasteiger partial charge in [-0.3, -0.25) is 14.6 Å². The Morgan fingerprint density at radius 3 is 1.95 bits per heavy atom. The number of hydrogen-bond donors (Lipinski definition) is 2. The predicted octanol–water partition coefficient (Wildman–Crippen LogP) is 7.83. The van der Waals surface area contributed by atoms with Crippen LogP contribution < -0.4 is 5.32 Å². The van der Waals surface area contributed by atoms with Gasteiger partial charge in [0.15, 0.2) is 29.6 Å². The maximum absolute atomic E-state index is 14.3. The SMILES string of the molecule is O=C(NCc1ccccc1-c1ccc([C@@H]2O[C@H](CN3CCN(Cc4ccccc4)CC3)C[C@H](c3ccc(CO)cc3)O2)cc1)c1c(F)c(F)c(F)c(F)c1F. The number of halogens is 5. The van der Waals surface area contributed by atoms with Crippen molar-refractivity contribution in [3.8, 4) is 11.1 Å². The van der Waals surface area contributed by atoms with Crippen molar-refractivity contribution < 1.29 is 41.3 Å². The first-order valence-electron chi connectivity index (χ1n) is 18.2. The first-order valence-corrected chi connectivity index (χ1v) is 18.2. The summed E-state index contributed by atoms with van der Waals surface area (Å²) in [6, 6.07) is 32.7. The standard InChI is InChI=1S/C43H40F5N3O4/c44-37-36(38(45)40(47)41(48)39(37)46)42(53)49-23-32-8-4-5-9-34(32)29-14-16-31(17-15-29)43-54-33(22-35(55-43)30-12-10-28(26-52)11-13-30)25-51-20-18-50(19-21-51)24-27-6-2-1-3-7-27/h1-17,33,35,43,52H,18-26H2,(H,49,53)/t33-,35+,43+/m0/s1. The number of carbonyl (C=O) groups excluding carboxylic acids is 1. The van der Waals surface area contributed by atoms with E-state index in [1.807, 2.05) is 54.6 Å². The molecular formula is C43H40F5N3O4. The number of hydrogen-bond acceptors (Lipinski definition) is 6. The van der Waals surface area contributed by atoms with Crippen molar-refractivity contribution in [3.63, 3.8) is 0 Å². The Kier molecular flexibility index (Phi) is 12.0. The third-order valence-electron chi connectivity index (χ3n) is 10.2. The highest BCUT2D eigenvalue weighted by Crippen LogP contribution is 2.39. The van der Waals surface area contributed by atoms with Gasteiger partial charge in [-0.15, -0.1) is 0 Å². The fourth-order valence-corrected chi connectivity index (χ4v) is 7.14. The van der Waals surface area contributed by atoms with Crippen LogP contribution in [-0.2, 0) is 29.2 Å². The van der Waals surface area contributed by atoms with Crippen LogP contribution in [0.5, 0.6) is 0 Å². The number of nitrogens with zero attached hydrogens (tertiary/aromatic N) is 2. The number of carbonyl (C=O) groups is 1. The number of amides is 1. The molecule has 286 valence electrons. The second kappa shape index (κ2) is 17.2. The zero-order chi connectivity index (χ0) is 38.5. The van der Waals surface area contributed by atoms with E-state index in [1.54, 1.807) is 24.3 Å². The minimum absolute atomic E-state index is 0.0520. The maximum atomic E-state index is 14.3. The number of benzene rings is 5. The Morgan fingerprint density at radius 2 is 1.27 bits per heavy atom. The van der Waals surface area contributed by atoms with Crippen LogP contribution in [-0.4, -0.2) is 59.6 Å². The van der Waals surface area contributed by atoms with Gasteiger partial charge >= 0.3 is 0 Å². The lowest BCUT2D eigenvalue weighted by Crippen LogP contribution is -2.49. The average molecular weight is 758 g/mol. The van der Waals surface area contributed by atoms with Crippen molar-refractivity contribution in [2.75, 3.05) is 32.7 Å². The molecule has 0 unspecified atom stereocenters. The van der Waals surface area contributed by atoms with Gasteiger partial charge in [0.1, 0.15) is 5.56 Å². The summed E-state index contributed by atoms with van der Waals surface area (Å²) in [7, 11) is 0. The molecule has 3 atom stereocenters. The quantitative estimate of drug-likeness (QED) is 0.0814. The zero-order valence-electron chi connectivity index (χ0n) is 29.9. The summed E-state index contributed by atoms with van der Waals surface area (Å²) >= 11 is 0. The van der Waals surface area contributed by atoms with Gasteiger partial charge in [0.25, 0.3) is 5.91 Å². The van der Waals surface area contributed by atoms with Gasteiger partial charge in [0, 0.05) is 57.8 Å². The number of rotatable bonds is 11. The van der Waals surface area contributed by atoms with Gasteiger partial charge in [-0.05, 0) is 33.4 Å². The lowest BCUT2D eigenvalue weighted by Gasteiger charge is -2.40. The van der Waals surface area contributed by atoms with Crippen LogP contribution in [0.2, 0.25) is 0 Å². The molecule has 2 fully saturated rings. The van der Waals surface area contributed by atoms with E-state index in [4.69, 9.17) is 9.47 Å². The average Bonchev–Trinajstić information content (AvgIpc) is 3.22.